The van der Waals surface area contributed by atoms with E-state index in [0.29, 0.717) is 11.8 Å². The summed E-state index contributed by atoms with van der Waals surface area (Å²) in [6.45, 7) is 9.63. The van der Waals surface area contributed by atoms with Crippen LogP contribution in [0.15, 0.2) is 0 Å². The van der Waals surface area contributed by atoms with Gasteiger partial charge in [-0.05, 0) is 45.8 Å². The predicted molar refractivity (Wildman–Crippen MR) is 113 cm³/mol. The van der Waals surface area contributed by atoms with E-state index in [2.05, 4.69) is 44.7 Å². The highest BCUT2D eigenvalue weighted by Crippen LogP contribution is 2.38. The molecule has 1 aliphatic rings. The number of unbranched alkanes of at least 4 members (excludes halogenated alkanes) is 9. The van der Waals surface area contributed by atoms with Gasteiger partial charge in [0.15, 0.2) is 0 Å². The zero-order valence-electron chi connectivity index (χ0n) is 18.5. The monoisotopic (exact) mass is 366 g/mol. The van der Waals surface area contributed by atoms with Crippen molar-refractivity contribution in [2.45, 2.75) is 97.8 Å². The minimum Gasteiger partial charge on any atom is -0.342 e. The van der Waals surface area contributed by atoms with E-state index >= 15 is 0 Å². The molecule has 1 saturated heterocycles. The number of amides is 1. The van der Waals surface area contributed by atoms with E-state index in [4.69, 9.17) is 0 Å². The molecule has 1 heterocycles. The molecule has 0 saturated carbocycles. The van der Waals surface area contributed by atoms with Crippen LogP contribution in [0.25, 0.3) is 0 Å². The smallest absolute Gasteiger partial charge is 0.228 e. The fourth-order valence-electron chi connectivity index (χ4n) is 4.28. The van der Waals surface area contributed by atoms with Gasteiger partial charge in [-0.2, -0.15) is 0 Å². The number of carbonyl (C=O) groups is 1. The van der Waals surface area contributed by atoms with Gasteiger partial charge < -0.3 is 9.80 Å². The Morgan fingerprint density at radius 2 is 1.50 bits per heavy atom. The van der Waals surface area contributed by atoms with Gasteiger partial charge in [-0.25, -0.2) is 0 Å². The highest BCUT2D eigenvalue weighted by Gasteiger charge is 2.42. The van der Waals surface area contributed by atoms with Crippen LogP contribution in [0.5, 0.6) is 0 Å². The standard InChI is InChI=1S/C23H46N2O/c1-6-7-8-9-10-11-12-13-14-15-18-25-20-17-21(16-19-24(4)5)23(2,3)22(25)26/h21H,6-20H2,1-5H3. The van der Waals surface area contributed by atoms with Crippen LogP contribution in [-0.2, 0) is 4.79 Å². The fraction of sp³-hybridized carbons (Fsp3) is 0.957. The molecule has 26 heavy (non-hydrogen) atoms. The summed E-state index contributed by atoms with van der Waals surface area (Å²) in [5.41, 5.74) is -0.188. The second-order valence-corrected chi connectivity index (χ2v) is 9.27. The van der Waals surface area contributed by atoms with E-state index in [0.717, 1.165) is 26.1 Å². The molecular formula is C23H46N2O. The third kappa shape index (κ3) is 8.41. The molecule has 0 aromatic heterocycles. The molecule has 1 rings (SSSR count). The normalized spacial score (nSPS) is 20.2. The summed E-state index contributed by atoms with van der Waals surface area (Å²) < 4.78 is 0. The largest absolute Gasteiger partial charge is 0.342 e. The maximum Gasteiger partial charge on any atom is 0.228 e. The highest BCUT2D eigenvalue weighted by molar-refractivity contribution is 5.83. The van der Waals surface area contributed by atoms with Crippen LogP contribution >= 0.6 is 0 Å². The summed E-state index contributed by atoms with van der Waals surface area (Å²) in [6.07, 6.45) is 15.9. The first-order valence-corrected chi connectivity index (χ1v) is 11.3. The summed E-state index contributed by atoms with van der Waals surface area (Å²) in [7, 11) is 4.24. The first-order valence-electron chi connectivity index (χ1n) is 11.3. The molecule has 1 atom stereocenters. The van der Waals surface area contributed by atoms with Crippen molar-refractivity contribution in [3.05, 3.63) is 0 Å². The molecule has 0 aromatic carbocycles. The number of carbonyl (C=O) groups excluding carboxylic acids is 1. The van der Waals surface area contributed by atoms with Gasteiger partial charge in [0.1, 0.15) is 0 Å². The van der Waals surface area contributed by atoms with Crippen molar-refractivity contribution in [3.63, 3.8) is 0 Å². The van der Waals surface area contributed by atoms with Crippen LogP contribution in [0.3, 0.4) is 0 Å². The number of piperidine rings is 1. The Morgan fingerprint density at radius 3 is 2.04 bits per heavy atom. The second kappa shape index (κ2) is 12.8. The van der Waals surface area contributed by atoms with E-state index in [1.807, 2.05) is 0 Å². The summed E-state index contributed by atoms with van der Waals surface area (Å²) in [5, 5.41) is 0. The third-order valence-corrected chi connectivity index (χ3v) is 6.31. The first-order chi connectivity index (χ1) is 12.4. The first kappa shape index (κ1) is 23.5. The van der Waals surface area contributed by atoms with Crippen molar-refractivity contribution in [2.24, 2.45) is 11.3 Å². The Labute approximate surface area is 163 Å². The van der Waals surface area contributed by atoms with Gasteiger partial charge >= 0.3 is 0 Å². The summed E-state index contributed by atoms with van der Waals surface area (Å²) in [5.74, 6) is 0.921. The molecule has 0 bridgehead atoms. The minimum atomic E-state index is -0.188. The lowest BCUT2D eigenvalue weighted by molar-refractivity contribution is -0.148. The van der Waals surface area contributed by atoms with E-state index in [9.17, 15) is 4.79 Å². The molecule has 1 amide bonds. The maximum absolute atomic E-state index is 12.9. The maximum atomic E-state index is 12.9. The molecular weight excluding hydrogens is 320 g/mol. The van der Waals surface area contributed by atoms with Gasteiger partial charge in [0, 0.05) is 18.5 Å². The summed E-state index contributed by atoms with van der Waals surface area (Å²) in [4.78, 5) is 17.3. The number of rotatable bonds is 14. The fourth-order valence-corrected chi connectivity index (χ4v) is 4.28. The summed E-state index contributed by atoms with van der Waals surface area (Å²) >= 11 is 0. The zero-order valence-corrected chi connectivity index (χ0v) is 18.5. The highest BCUT2D eigenvalue weighted by atomic mass is 16.2. The van der Waals surface area contributed by atoms with E-state index in [1.54, 1.807) is 0 Å². The van der Waals surface area contributed by atoms with Gasteiger partial charge in [-0.3, -0.25) is 4.79 Å². The number of hydrogen-bond acceptors (Lipinski definition) is 2. The molecule has 1 unspecified atom stereocenters. The van der Waals surface area contributed by atoms with Crippen molar-refractivity contribution in [2.75, 3.05) is 33.7 Å². The van der Waals surface area contributed by atoms with E-state index in [-0.39, 0.29) is 5.41 Å². The van der Waals surface area contributed by atoms with Crippen LogP contribution in [0.2, 0.25) is 0 Å². The topological polar surface area (TPSA) is 23.6 Å². The van der Waals surface area contributed by atoms with Crippen LogP contribution in [0.1, 0.15) is 97.8 Å². The molecule has 3 heteroatoms. The minimum absolute atomic E-state index is 0.188. The molecule has 3 nitrogen and oxygen atoms in total. The van der Waals surface area contributed by atoms with Gasteiger partial charge in [0.05, 0.1) is 0 Å². The van der Waals surface area contributed by atoms with Gasteiger partial charge in [0.2, 0.25) is 5.91 Å². The molecule has 0 N–H and O–H groups in total. The SMILES string of the molecule is CCCCCCCCCCCCN1CCC(CCN(C)C)C(C)(C)C1=O. The molecule has 0 aromatic rings. The van der Waals surface area contributed by atoms with Gasteiger partial charge in [-0.15, -0.1) is 0 Å². The average Bonchev–Trinajstić information content (AvgIpc) is 2.59. The Morgan fingerprint density at radius 1 is 0.962 bits per heavy atom. The van der Waals surface area contributed by atoms with Crippen molar-refractivity contribution < 1.29 is 4.79 Å². The van der Waals surface area contributed by atoms with E-state index in [1.165, 1.54) is 70.6 Å². The van der Waals surface area contributed by atoms with E-state index < -0.39 is 0 Å². The van der Waals surface area contributed by atoms with Crippen molar-refractivity contribution >= 4 is 5.91 Å². The molecule has 0 spiro atoms. The van der Waals surface area contributed by atoms with Crippen molar-refractivity contribution in [1.29, 1.82) is 0 Å². The Balaban J connectivity index is 2.15. The van der Waals surface area contributed by atoms with Crippen LogP contribution in [0, 0.1) is 11.3 Å². The molecule has 0 aliphatic carbocycles. The molecule has 1 fully saturated rings. The number of nitrogens with zero attached hydrogens (tertiary/aromatic N) is 2. The van der Waals surface area contributed by atoms with Gasteiger partial charge in [-0.1, -0.05) is 78.6 Å². The number of likely N-dealkylation sites (tertiary alicyclic amines) is 1. The Bertz CT molecular complexity index is 378. The van der Waals surface area contributed by atoms with Crippen LogP contribution < -0.4 is 0 Å². The Kier molecular flexibility index (Phi) is 11.5. The lowest BCUT2D eigenvalue weighted by atomic mass is 9.71. The van der Waals surface area contributed by atoms with Crippen molar-refractivity contribution in [1.82, 2.24) is 9.80 Å². The van der Waals surface area contributed by atoms with Gasteiger partial charge in [0.25, 0.3) is 0 Å². The third-order valence-electron chi connectivity index (χ3n) is 6.31. The lowest BCUT2D eigenvalue weighted by Gasteiger charge is -2.43. The quantitative estimate of drug-likeness (QED) is 0.366. The summed E-state index contributed by atoms with van der Waals surface area (Å²) in [6, 6.07) is 0. The molecule has 154 valence electrons. The zero-order chi connectivity index (χ0) is 19.4. The Hall–Kier alpha value is -0.570. The number of hydrogen-bond donors (Lipinski definition) is 0. The predicted octanol–water partition coefficient (Wildman–Crippen LogP) is 5.73. The van der Waals surface area contributed by atoms with Crippen LogP contribution in [0.4, 0.5) is 0 Å². The van der Waals surface area contributed by atoms with Crippen LogP contribution in [-0.4, -0.2) is 49.4 Å². The molecule has 0 radical (unpaired) electrons. The molecule has 1 aliphatic heterocycles. The lowest BCUT2D eigenvalue weighted by Crippen LogP contribution is -2.51. The average molecular weight is 367 g/mol. The van der Waals surface area contributed by atoms with Crippen molar-refractivity contribution in [3.8, 4) is 0 Å². The second-order valence-electron chi connectivity index (χ2n) is 9.27.